The maximum atomic E-state index is 6.67. The highest BCUT2D eigenvalue weighted by molar-refractivity contribution is 5.65. The van der Waals surface area contributed by atoms with Gasteiger partial charge in [-0.1, -0.05) is 107 Å². The van der Waals surface area contributed by atoms with Gasteiger partial charge in [-0.3, -0.25) is 0 Å². The number of hydrogen-bond acceptors (Lipinski definition) is 4. The Hall–Kier alpha value is -2.88. The summed E-state index contributed by atoms with van der Waals surface area (Å²) in [7, 11) is 0. The summed E-state index contributed by atoms with van der Waals surface area (Å²) in [6.07, 6.45) is 6.10. The Kier molecular flexibility index (Phi) is 10.0. The van der Waals surface area contributed by atoms with E-state index < -0.39 is 0 Å². The van der Waals surface area contributed by atoms with E-state index in [2.05, 4.69) is 107 Å². The summed E-state index contributed by atoms with van der Waals surface area (Å²) in [6.45, 7) is 31.2. The zero-order valence-electron chi connectivity index (χ0n) is 26.4. The Labute approximate surface area is 238 Å². The first-order chi connectivity index (χ1) is 17.8. The van der Waals surface area contributed by atoms with Crippen LogP contribution in [0.1, 0.15) is 104 Å². The lowest BCUT2D eigenvalue weighted by Crippen LogP contribution is -2.25. The molecule has 0 bridgehead atoms. The molecule has 0 atom stereocenters. The van der Waals surface area contributed by atoms with E-state index in [0.29, 0.717) is 42.5 Å². The lowest BCUT2D eigenvalue weighted by Gasteiger charge is -2.34. The summed E-state index contributed by atoms with van der Waals surface area (Å²) in [5.41, 5.74) is 19.2. The fourth-order valence-electron chi connectivity index (χ4n) is 6.17. The van der Waals surface area contributed by atoms with Crippen molar-refractivity contribution in [2.24, 2.45) is 10.8 Å². The van der Waals surface area contributed by atoms with Crippen LogP contribution in [0.3, 0.4) is 0 Å². The maximum Gasteiger partial charge on any atom is 0.146 e. The van der Waals surface area contributed by atoms with Gasteiger partial charge in [-0.25, -0.2) is 0 Å². The molecule has 4 N–H and O–H groups in total. The van der Waals surface area contributed by atoms with E-state index in [1.807, 2.05) is 0 Å². The molecule has 4 nitrogen and oxygen atoms in total. The third-order valence-electron chi connectivity index (χ3n) is 6.97. The molecule has 0 radical (unpaired) electrons. The molecule has 39 heavy (non-hydrogen) atoms. The van der Waals surface area contributed by atoms with E-state index in [1.165, 1.54) is 11.1 Å². The van der Waals surface area contributed by atoms with Gasteiger partial charge in [-0.05, 0) is 57.8 Å². The van der Waals surface area contributed by atoms with E-state index in [-0.39, 0.29) is 21.7 Å². The van der Waals surface area contributed by atoms with E-state index in [9.17, 15) is 0 Å². The molecule has 0 saturated carbocycles. The molecule has 0 fully saturated rings. The molecule has 216 valence electrons. The Morgan fingerprint density at radius 2 is 0.949 bits per heavy atom. The number of nitrogens with two attached hydrogens (primary N) is 2. The van der Waals surface area contributed by atoms with E-state index in [1.54, 1.807) is 12.2 Å². The van der Waals surface area contributed by atoms with Gasteiger partial charge in [0.2, 0.25) is 0 Å². The van der Waals surface area contributed by atoms with Gasteiger partial charge in [-0.2, -0.15) is 0 Å². The molecule has 0 aliphatic heterocycles. The average Bonchev–Trinajstić information content (AvgIpc) is 2.74. The highest BCUT2D eigenvalue weighted by Crippen LogP contribution is 2.43. The van der Waals surface area contributed by atoms with Gasteiger partial charge in [0.25, 0.3) is 0 Å². The van der Waals surface area contributed by atoms with Crippen LogP contribution in [0.25, 0.3) is 0 Å². The van der Waals surface area contributed by atoms with Gasteiger partial charge in [-0.15, -0.1) is 0 Å². The topological polar surface area (TPSA) is 70.5 Å². The SMILES string of the molecule is C=CCOc1c(N)cc(C(C)(C)CC(C)(C)C)cc1Cc1cc(C(C)(C)CC(C)(C)C)cc(N)c1OCC=C. The molecule has 4 heteroatoms. The quantitative estimate of drug-likeness (QED) is 0.210. The van der Waals surface area contributed by atoms with Crippen LogP contribution in [0.15, 0.2) is 49.6 Å². The van der Waals surface area contributed by atoms with Gasteiger partial charge < -0.3 is 20.9 Å². The predicted molar refractivity (Wildman–Crippen MR) is 170 cm³/mol. The molecule has 0 amide bonds. The number of ether oxygens (including phenoxy) is 2. The van der Waals surface area contributed by atoms with Crippen LogP contribution in [-0.4, -0.2) is 13.2 Å². The molecule has 2 aromatic carbocycles. The van der Waals surface area contributed by atoms with Crippen molar-refractivity contribution in [3.63, 3.8) is 0 Å². The molecule has 0 spiro atoms. The van der Waals surface area contributed by atoms with Gasteiger partial charge in [0.1, 0.15) is 24.7 Å². The first kappa shape index (κ1) is 32.3. The summed E-state index contributed by atoms with van der Waals surface area (Å²) >= 11 is 0. The van der Waals surface area contributed by atoms with E-state index in [0.717, 1.165) is 24.0 Å². The normalized spacial score (nSPS) is 12.8. The minimum atomic E-state index is -0.0736. The first-order valence-corrected chi connectivity index (χ1v) is 14.1. The highest BCUT2D eigenvalue weighted by atomic mass is 16.5. The summed E-state index contributed by atoms with van der Waals surface area (Å²) < 4.78 is 12.3. The zero-order chi connectivity index (χ0) is 29.8. The molecule has 2 aromatic rings. The summed E-state index contributed by atoms with van der Waals surface area (Å²) in [4.78, 5) is 0. The van der Waals surface area contributed by atoms with Crippen molar-refractivity contribution in [2.45, 2.75) is 99.3 Å². The Bertz CT molecular complexity index is 1070. The van der Waals surface area contributed by atoms with Crippen LogP contribution < -0.4 is 20.9 Å². The molecule has 0 saturated heterocycles. The van der Waals surface area contributed by atoms with Crippen molar-refractivity contribution in [1.82, 2.24) is 0 Å². The smallest absolute Gasteiger partial charge is 0.146 e. The van der Waals surface area contributed by atoms with Gasteiger partial charge >= 0.3 is 0 Å². The van der Waals surface area contributed by atoms with Gasteiger partial charge in [0.15, 0.2) is 0 Å². The average molecular weight is 535 g/mol. The van der Waals surface area contributed by atoms with Crippen molar-refractivity contribution in [3.05, 3.63) is 71.8 Å². The summed E-state index contributed by atoms with van der Waals surface area (Å²) in [6, 6.07) is 8.64. The lowest BCUT2D eigenvalue weighted by atomic mass is 9.71. The van der Waals surface area contributed by atoms with Crippen LogP contribution in [0.4, 0.5) is 11.4 Å². The fourth-order valence-corrected chi connectivity index (χ4v) is 6.17. The molecule has 0 aliphatic carbocycles. The van der Waals surface area contributed by atoms with Crippen LogP contribution in [0, 0.1) is 10.8 Å². The number of benzene rings is 2. The number of anilines is 2. The van der Waals surface area contributed by atoms with E-state index >= 15 is 0 Å². The molecular formula is C35H54N2O2. The second-order valence-electron chi connectivity index (χ2n) is 14.7. The lowest BCUT2D eigenvalue weighted by molar-refractivity contribution is 0.283. The number of nitrogen functional groups attached to an aromatic ring is 2. The highest BCUT2D eigenvalue weighted by Gasteiger charge is 2.31. The van der Waals surface area contributed by atoms with Crippen molar-refractivity contribution in [2.75, 3.05) is 24.7 Å². The molecule has 0 aliphatic rings. The fraction of sp³-hybridized carbons (Fsp3) is 0.543. The third-order valence-corrected chi connectivity index (χ3v) is 6.97. The minimum Gasteiger partial charge on any atom is -0.487 e. The predicted octanol–water partition coefficient (Wildman–Crippen LogP) is 9.00. The second kappa shape index (κ2) is 12.1. The van der Waals surface area contributed by atoms with E-state index in [4.69, 9.17) is 20.9 Å². The minimum absolute atomic E-state index is 0.0736. The number of hydrogen-bond donors (Lipinski definition) is 2. The second-order valence-corrected chi connectivity index (χ2v) is 14.7. The Morgan fingerprint density at radius 3 is 1.23 bits per heavy atom. The van der Waals surface area contributed by atoms with Crippen molar-refractivity contribution >= 4 is 11.4 Å². The van der Waals surface area contributed by atoms with Crippen molar-refractivity contribution in [1.29, 1.82) is 0 Å². The Balaban J connectivity index is 2.75. The molecule has 2 rings (SSSR count). The van der Waals surface area contributed by atoms with Gasteiger partial charge in [0.05, 0.1) is 11.4 Å². The summed E-state index contributed by atoms with van der Waals surface area (Å²) in [5.74, 6) is 1.38. The van der Waals surface area contributed by atoms with Crippen molar-refractivity contribution < 1.29 is 9.47 Å². The molecule has 0 heterocycles. The van der Waals surface area contributed by atoms with Crippen molar-refractivity contribution in [3.8, 4) is 11.5 Å². The van der Waals surface area contributed by atoms with Crippen LogP contribution in [0.2, 0.25) is 0 Å². The maximum absolute atomic E-state index is 6.67. The molecular weight excluding hydrogens is 480 g/mol. The number of rotatable bonds is 12. The first-order valence-electron chi connectivity index (χ1n) is 14.1. The standard InChI is InChI=1S/C35H54N2O2/c1-13-15-38-30-24(18-26(20-28(30)36)34(9,10)22-32(3,4)5)17-25-19-27(35(11,12)23-33(6,7)8)21-29(37)31(25)39-16-14-2/h13-14,18-21H,1-2,15-17,22-23,36-37H2,3-12H3. The van der Waals surface area contributed by atoms with Crippen LogP contribution >= 0.6 is 0 Å². The monoisotopic (exact) mass is 534 g/mol. The largest absolute Gasteiger partial charge is 0.487 e. The third kappa shape index (κ3) is 9.08. The molecule has 0 aromatic heterocycles. The van der Waals surface area contributed by atoms with Crippen LogP contribution in [-0.2, 0) is 17.3 Å². The van der Waals surface area contributed by atoms with Crippen LogP contribution in [0.5, 0.6) is 11.5 Å². The molecule has 0 unspecified atom stereocenters. The Morgan fingerprint density at radius 1 is 0.615 bits per heavy atom. The zero-order valence-corrected chi connectivity index (χ0v) is 26.4. The summed E-state index contributed by atoms with van der Waals surface area (Å²) in [5, 5.41) is 0. The van der Waals surface area contributed by atoms with Gasteiger partial charge in [0, 0.05) is 17.5 Å².